The second kappa shape index (κ2) is 6.10. The molecule has 1 aliphatic heterocycles. The van der Waals surface area contributed by atoms with Gasteiger partial charge in [0.25, 0.3) is 0 Å². The van der Waals surface area contributed by atoms with Gasteiger partial charge in [0.15, 0.2) is 0 Å². The molecule has 0 bridgehead atoms. The molecule has 0 atom stereocenters. The number of benzene rings is 1. The molecule has 4 heteroatoms. The molecule has 0 aliphatic carbocycles. The number of nitrogens with zero attached hydrogens (tertiary/aromatic N) is 2. The van der Waals surface area contributed by atoms with E-state index in [-0.39, 0.29) is 0 Å². The highest BCUT2D eigenvalue weighted by Gasteiger charge is 2.13. The van der Waals surface area contributed by atoms with E-state index in [2.05, 4.69) is 17.2 Å². The first kappa shape index (κ1) is 13.2. The third-order valence-corrected chi connectivity index (χ3v) is 3.48. The maximum atomic E-state index is 6.10. The van der Waals surface area contributed by atoms with Gasteiger partial charge < -0.3 is 5.32 Å². The maximum absolute atomic E-state index is 6.10. The molecule has 1 N–H and O–H groups in total. The van der Waals surface area contributed by atoms with Crippen LogP contribution in [-0.4, -0.2) is 30.9 Å². The minimum Gasteiger partial charge on any atom is -0.388 e. The van der Waals surface area contributed by atoms with Crippen molar-refractivity contribution >= 4 is 23.0 Å². The van der Waals surface area contributed by atoms with Gasteiger partial charge in [-0.1, -0.05) is 18.5 Å². The Bertz CT molecular complexity index is 437. The van der Waals surface area contributed by atoms with Crippen LogP contribution < -0.4 is 5.32 Å². The van der Waals surface area contributed by atoms with Crippen LogP contribution in [0.15, 0.2) is 23.3 Å². The standard InChI is InChI=1S/C14H20ClN3/c1-3-13(17-18-8-4-5-9-18)12-10-11(15)6-7-14(12)16-2/h6-7,10,16H,3-5,8-9H2,1-2H3/b17-13+. The summed E-state index contributed by atoms with van der Waals surface area (Å²) < 4.78 is 0. The molecule has 0 radical (unpaired) electrons. The summed E-state index contributed by atoms with van der Waals surface area (Å²) >= 11 is 6.10. The Kier molecular flexibility index (Phi) is 4.48. The zero-order valence-corrected chi connectivity index (χ0v) is 11.8. The molecule has 1 saturated heterocycles. The van der Waals surface area contributed by atoms with Crippen LogP contribution in [0.25, 0.3) is 0 Å². The van der Waals surface area contributed by atoms with Crippen molar-refractivity contribution in [2.45, 2.75) is 26.2 Å². The molecule has 0 spiro atoms. The molecule has 2 rings (SSSR count). The Morgan fingerprint density at radius 1 is 1.39 bits per heavy atom. The van der Waals surface area contributed by atoms with E-state index >= 15 is 0 Å². The molecule has 1 aromatic rings. The Balaban J connectivity index is 2.33. The lowest BCUT2D eigenvalue weighted by Crippen LogP contribution is -2.16. The maximum Gasteiger partial charge on any atom is 0.0696 e. The summed E-state index contributed by atoms with van der Waals surface area (Å²) in [6.45, 7) is 4.27. The summed E-state index contributed by atoms with van der Waals surface area (Å²) in [7, 11) is 1.93. The average molecular weight is 266 g/mol. The monoisotopic (exact) mass is 265 g/mol. The number of rotatable bonds is 4. The van der Waals surface area contributed by atoms with Crippen LogP contribution in [0, 0.1) is 0 Å². The molecule has 18 heavy (non-hydrogen) atoms. The van der Waals surface area contributed by atoms with Crippen LogP contribution in [0.1, 0.15) is 31.7 Å². The Hall–Kier alpha value is -1.22. The number of halogens is 1. The van der Waals surface area contributed by atoms with Gasteiger partial charge >= 0.3 is 0 Å². The molecule has 1 aliphatic rings. The largest absolute Gasteiger partial charge is 0.388 e. The van der Waals surface area contributed by atoms with E-state index in [1.807, 2.05) is 25.2 Å². The highest BCUT2D eigenvalue weighted by Crippen LogP contribution is 2.23. The fraction of sp³-hybridized carbons (Fsp3) is 0.500. The minimum absolute atomic E-state index is 0.756. The third kappa shape index (κ3) is 2.96. The van der Waals surface area contributed by atoms with Gasteiger partial charge in [-0.15, -0.1) is 0 Å². The Morgan fingerprint density at radius 3 is 2.72 bits per heavy atom. The van der Waals surface area contributed by atoms with Crippen molar-refractivity contribution in [3.8, 4) is 0 Å². The number of anilines is 1. The highest BCUT2D eigenvalue weighted by atomic mass is 35.5. The molecule has 3 nitrogen and oxygen atoms in total. The van der Waals surface area contributed by atoms with E-state index in [1.165, 1.54) is 12.8 Å². The summed E-state index contributed by atoms with van der Waals surface area (Å²) in [6.07, 6.45) is 3.40. The van der Waals surface area contributed by atoms with Crippen LogP contribution >= 0.6 is 11.6 Å². The van der Waals surface area contributed by atoms with Crippen LogP contribution in [0.2, 0.25) is 5.02 Å². The highest BCUT2D eigenvalue weighted by molar-refractivity contribution is 6.31. The predicted octanol–water partition coefficient (Wildman–Crippen LogP) is 3.59. The van der Waals surface area contributed by atoms with Gasteiger partial charge in [-0.2, -0.15) is 5.10 Å². The quantitative estimate of drug-likeness (QED) is 0.843. The molecule has 0 aromatic heterocycles. The van der Waals surface area contributed by atoms with Crippen molar-refractivity contribution in [3.63, 3.8) is 0 Å². The molecular formula is C14H20ClN3. The van der Waals surface area contributed by atoms with E-state index in [1.54, 1.807) is 0 Å². The van der Waals surface area contributed by atoms with Gasteiger partial charge in [0.2, 0.25) is 0 Å². The molecular weight excluding hydrogens is 246 g/mol. The first-order valence-corrected chi connectivity index (χ1v) is 6.92. The second-order valence-electron chi connectivity index (χ2n) is 4.50. The third-order valence-electron chi connectivity index (χ3n) is 3.24. The van der Waals surface area contributed by atoms with Crippen molar-refractivity contribution in [2.75, 3.05) is 25.5 Å². The first-order valence-electron chi connectivity index (χ1n) is 6.54. The summed E-state index contributed by atoms with van der Waals surface area (Å²) in [5, 5.41) is 10.9. The number of nitrogens with one attached hydrogen (secondary N) is 1. The van der Waals surface area contributed by atoms with Gasteiger partial charge in [0, 0.05) is 36.4 Å². The SMILES string of the molecule is CC/C(=N\N1CCCC1)c1cc(Cl)ccc1NC. The molecule has 0 unspecified atom stereocenters. The average Bonchev–Trinajstić information content (AvgIpc) is 2.88. The van der Waals surface area contributed by atoms with Crippen LogP contribution in [0.5, 0.6) is 0 Å². The number of hydrogen-bond donors (Lipinski definition) is 1. The van der Waals surface area contributed by atoms with Crippen LogP contribution in [0.4, 0.5) is 5.69 Å². The predicted molar refractivity (Wildman–Crippen MR) is 78.6 cm³/mol. The fourth-order valence-electron chi connectivity index (χ4n) is 2.26. The van der Waals surface area contributed by atoms with Crippen molar-refractivity contribution in [3.05, 3.63) is 28.8 Å². The summed E-state index contributed by atoms with van der Waals surface area (Å²) in [5.74, 6) is 0. The topological polar surface area (TPSA) is 27.6 Å². The first-order chi connectivity index (χ1) is 8.74. The molecule has 98 valence electrons. The number of hydrogen-bond acceptors (Lipinski definition) is 3. The summed E-state index contributed by atoms with van der Waals surface area (Å²) in [6, 6.07) is 5.90. The second-order valence-corrected chi connectivity index (χ2v) is 4.94. The van der Waals surface area contributed by atoms with E-state index in [0.29, 0.717) is 0 Å². The zero-order valence-electron chi connectivity index (χ0n) is 11.0. The summed E-state index contributed by atoms with van der Waals surface area (Å²) in [4.78, 5) is 0. The summed E-state index contributed by atoms with van der Waals surface area (Å²) in [5.41, 5.74) is 3.29. The number of hydrazone groups is 1. The minimum atomic E-state index is 0.756. The van der Waals surface area contributed by atoms with Crippen molar-refractivity contribution in [1.82, 2.24) is 5.01 Å². The van der Waals surface area contributed by atoms with Gasteiger partial charge in [0.1, 0.15) is 0 Å². The van der Waals surface area contributed by atoms with E-state index in [9.17, 15) is 0 Å². The van der Waals surface area contributed by atoms with Crippen molar-refractivity contribution in [2.24, 2.45) is 5.10 Å². The molecule has 1 aromatic carbocycles. The van der Waals surface area contributed by atoms with Gasteiger partial charge in [-0.25, -0.2) is 0 Å². The molecule has 1 fully saturated rings. The Morgan fingerprint density at radius 2 is 2.11 bits per heavy atom. The van der Waals surface area contributed by atoms with Crippen LogP contribution in [0.3, 0.4) is 0 Å². The zero-order chi connectivity index (χ0) is 13.0. The molecule has 0 amide bonds. The van der Waals surface area contributed by atoms with E-state index in [0.717, 1.165) is 41.5 Å². The normalized spacial score (nSPS) is 16.2. The van der Waals surface area contributed by atoms with E-state index < -0.39 is 0 Å². The molecule has 0 saturated carbocycles. The van der Waals surface area contributed by atoms with E-state index in [4.69, 9.17) is 16.7 Å². The molecule has 1 heterocycles. The lowest BCUT2D eigenvalue weighted by Gasteiger charge is -2.16. The van der Waals surface area contributed by atoms with Crippen LogP contribution in [-0.2, 0) is 0 Å². The Labute approximate surface area is 114 Å². The van der Waals surface area contributed by atoms with Gasteiger partial charge in [0.05, 0.1) is 5.71 Å². The van der Waals surface area contributed by atoms with Crippen molar-refractivity contribution < 1.29 is 0 Å². The fourth-order valence-corrected chi connectivity index (χ4v) is 2.43. The lowest BCUT2D eigenvalue weighted by molar-refractivity contribution is 0.359. The lowest BCUT2D eigenvalue weighted by atomic mass is 10.1. The van der Waals surface area contributed by atoms with Crippen molar-refractivity contribution in [1.29, 1.82) is 0 Å². The smallest absolute Gasteiger partial charge is 0.0696 e. The van der Waals surface area contributed by atoms with Gasteiger partial charge in [-0.3, -0.25) is 5.01 Å². The van der Waals surface area contributed by atoms with Gasteiger partial charge in [-0.05, 0) is 37.5 Å².